The van der Waals surface area contributed by atoms with Gasteiger partial charge in [0.1, 0.15) is 0 Å². The zero-order valence-electron chi connectivity index (χ0n) is 40.0. The summed E-state index contributed by atoms with van der Waals surface area (Å²) in [7, 11) is 0. The van der Waals surface area contributed by atoms with Crippen LogP contribution in [0, 0.1) is 5.92 Å². The Kier molecular flexibility index (Phi) is 50.6. The van der Waals surface area contributed by atoms with Crippen molar-refractivity contribution in [2.45, 2.75) is 323 Å². The molecule has 0 fully saturated rings. The van der Waals surface area contributed by atoms with Crippen molar-refractivity contribution in [3.8, 4) is 0 Å². The second kappa shape index (κ2) is 51.4. The van der Waals surface area contributed by atoms with Crippen molar-refractivity contribution in [3.63, 3.8) is 0 Å². The van der Waals surface area contributed by atoms with Crippen molar-refractivity contribution in [1.82, 2.24) is 0 Å². The van der Waals surface area contributed by atoms with Crippen LogP contribution in [0.25, 0.3) is 0 Å². The molecule has 0 saturated heterocycles. The summed E-state index contributed by atoms with van der Waals surface area (Å²) in [6.45, 7) is 7.58. The molecule has 0 radical (unpaired) electrons. The normalized spacial score (nSPS) is 11.8. The zero-order chi connectivity index (χ0) is 41.2. The van der Waals surface area contributed by atoms with Crippen molar-refractivity contribution >= 4 is 5.97 Å². The van der Waals surface area contributed by atoms with E-state index in [1.807, 2.05) is 0 Å². The van der Waals surface area contributed by atoms with E-state index in [0.717, 1.165) is 25.2 Å². The van der Waals surface area contributed by atoms with Gasteiger partial charge >= 0.3 is 5.97 Å². The second-order valence-electron chi connectivity index (χ2n) is 19.1. The summed E-state index contributed by atoms with van der Waals surface area (Å²) in [5.41, 5.74) is 0. The monoisotopic (exact) mass is 801 g/mol. The van der Waals surface area contributed by atoms with Crippen LogP contribution in [0.4, 0.5) is 0 Å². The summed E-state index contributed by atoms with van der Waals surface area (Å²) >= 11 is 0. The van der Waals surface area contributed by atoms with Gasteiger partial charge in [-0.25, -0.2) is 0 Å². The van der Waals surface area contributed by atoms with Crippen molar-refractivity contribution in [2.75, 3.05) is 6.61 Å². The molecule has 0 heterocycles. The Morgan fingerprint density at radius 2 is 0.614 bits per heavy atom. The Bertz CT molecular complexity index is 756. The van der Waals surface area contributed by atoms with Gasteiger partial charge in [-0.05, 0) is 38.0 Å². The average molecular weight is 801 g/mol. The predicted octanol–water partition coefficient (Wildman–Crippen LogP) is 20.1. The third-order valence-corrected chi connectivity index (χ3v) is 12.6. The number of ether oxygens (including phenoxy) is 1. The Balaban J connectivity index is 3.12. The molecule has 0 aromatic rings. The molecule has 0 aromatic heterocycles. The molecule has 0 aliphatic carbocycles. The molecule has 0 aliphatic heterocycles. The predicted molar refractivity (Wildman–Crippen MR) is 258 cm³/mol. The number of hydrogen-bond donors (Lipinski definition) is 0. The zero-order valence-corrected chi connectivity index (χ0v) is 40.0. The molecule has 0 atom stereocenters. The van der Waals surface area contributed by atoms with E-state index in [0.29, 0.717) is 13.0 Å². The van der Waals surface area contributed by atoms with Gasteiger partial charge in [0.05, 0.1) is 6.61 Å². The average Bonchev–Trinajstić information content (AvgIpc) is 3.20. The van der Waals surface area contributed by atoms with E-state index in [2.05, 4.69) is 32.9 Å². The van der Waals surface area contributed by atoms with Crippen LogP contribution < -0.4 is 0 Å². The van der Waals surface area contributed by atoms with Crippen molar-refractivity contribution in [1.29, 1.82) is 0 Å². The lowest BCUT2D eigenvalue weighted by Gasteiger charge is -2.06. The number of unbranched alkanes of at least 4 members (excludes halogenated alkanes) is 42. The smallest absolute Gasteiger partial charge is 0.305 e. The van der Waals surface area contributed by atoms with Crippen LogP contribution in [0.3, 0.4) is 0 Å². The number of carbonyl (C=O) groups is 1. The van der Waals surface area contributed by atoms with E-state index < -0.39 is 0 Å². The third kappa shape index (κ3) is 53.2. The Morgan fingerprint density at radius 3 is 0.930 bits per heavy atom. The first kappa shape index (κ1) is 56.2. The highest BCUT2D eigenvalue weighted by molar-refractivity contribution is 5.69. The maximum atomic E-state index is 12.0. The Labute approximate surface area is 361 Å². The minimum Gasteiger partial charge on any atom is -0.466 e. The van der Waals surface area contributed by atoms with Crippen LogP contribution in [0.5, 0.6) is 0 Å². The standard InChI is InChI=1S/C55H108O2/c1-4-5-6-7-8-9-36-40-43-46-49-52-55(56)57-53-50-47-44-41-38-35-33-31-29-27-25-23-21-19-17-15-13-11-10-12-14-16-18-20-22-24-26-28-30-32-34-37-39-42-45-48-51-54(2)3/h7-8,54H,4-6,9-53H2,1-3H3. The molecule has 0 unspecified atom stereocenters. The lowest BCUT2D eigenvalue weighted by atomic mass is 10.0. The highest BCUT2D eigenvalue weighted by Gasteiger charge is 2.03. The summed E-state index contributed by atoms with van der Waals surface area (Å²) < 4.78 is 5.46. The molecule has 0 aliphatic rings. The highest BCUT2D eigenvalue weighted by atomic mass is 16.5. The molecule has 2 nitrogen and oxygen atoms in total. The minimum atomic E-state index is 0.0188. The van der Waals surface area contributed by atoms with Crippen molar-refractivity contribution in [3.05, 3.63) is 12.2 Å². The molecule has 0 bridgehead atoms. The molecule has 57 heavy (non-hydrogen) atoms. The van der Waals surface area contributed by atoms with Crippen LogP contribution in [0.2, 0.25) is 0 Å². The van der Waals surface area contributed by atoms with Crippen molar-refractivity contribution < 1.29 is 9.53 Å². The van der Waals surface area contributed by atoms with E-state index in [1.54, 1.807) is 0 Å². The van der Waals surface area contributed by atoms with Crippen LogP contribution in [0.1, 0.15) is 323 Å². The van der Waals surface area contributed by atoms with E-state index in [4.69, 9.17) is 4.74 Å². The van der Waals surface area contributed by atoms with Gasteiger partial charge in [-0.15, -0.1) is 0 Å². The molecule has 0 amide bonds. The summed E-state index contributed by atoms with van der Waals surface area (Å²) in [5.74, 6) is 0.909. The van der Waals surface area contributed by atoms with E-state index in [1.165, 1.54) is 276 Å². The summed E-state index contributed by atoms with van der Waals surface area (Å²) in [6.07, 6.45) is 69.6. The van der Waals surface area contributed by atoms with Crippen LogP contribution in [-0.2, 0) is 9.53 Å². The molecule has 0 spiro atoms. The Hall–Kier alpha value is -0.790. The van der Waals surface area contributed by atoms with Gasteiger partial charge in [0, 0.05) is 6.42 Å². The quantitative estimate of drug-likeness (QED) is 0.0348. The first-order chi connectivity index (χ1) is 28.2. The molecule has 0 aromatic carbocycles. The van der Waals surface area contributed by atoms with Gasteiger partial charge < -0.3 is 4.74 Å². The van der Waals surface area contributed by atoms with Gasteiger partial charge in [0.25, 0.3) is 0 Å². The SMILES string of the molecule is CCCCC=CCCCCCCCC(=O)OCCCCCCCCCCCCCCCCCCCCCCCCCCCCCCCCCCCCCCC(C)C. The number of allylic oxidation sites excluding steroid dienone is 2. The second-order valence-corrected chi connectivity index (χ2v) is 19.1. The largest absolute Gasteiger partial charge is 0.466 e. The first-order valence-corrected chi connectivity index (χ1v) is 27.0. The molecule has 0 saturated carbocycles. The number of rotatable bonds is 50. The number of esters is 1. The lowest BCUT2D eigenvalue weighted by molar-refractivity contribution is -0.143. The fourth-order valence-electron chi connectivity index (χ4n) is 8.54. The Morgan fingerprint density at radius 1 is 0.351 bits per heavy atom. The summed E-state index contributed by atoms with van der Waals surface area (Å²) in [5, 5.41) is 0. The molecule has 340 valence electrons. The van der Waals surface area contributed by atoms with E-state index in [9.17, 15) is 4.79 Å². The molecule has 0 rings (SSSR count). The first-order valence-electron chi connectivity index (χ1n) is 27.0. The fourth-order valence-corrected chi connectivity index (χ4v) is 8.54. The van der Waals surface area contributed by atoms with Crippen molar-refractivity contribution in [2.24, 2.45) is 5.92 Å². The topological polar surface area (TPSA) is 26.3 Å². The summed E-state index contributed by atoms with van der Waals surface area (Å²) in [4.78, 5) is 12.0. The van der Waals surface area contributed by atoms with E-state index >= 15 is 0 Å². The fraction of sp³-hybridized carbons (Fsp3) is 0.945. The minimum absolute atomic E-state index is 0.0188. The van der Waals surface area contributed by atoms with Crippen LogP contribution >= 0.6 is 0 Å². The number of carbonyl (C=O) groups excluding carboxylic acids is 1. The number of hydrogen-bond acceptors (Lipinski definition) is 2. The molecule has 0 N–H and O–H groups in total. The van der Waals surface area contributed by atoms with Gasteiger partial charge in [0.2, 0.25) is 0 Å². The van der Waals surface area contributed by atoms with Crippen LogP contribution in [-0.4, -0.2) is 12.6 Å². The molecular formula is C55H108O2. The van der Waals surface area contributed by atoms with Gasteiger partial charge in [-0.1, -0.05) is 296 Å². The highest BCUT2D eigenvalue weighted by Crippen LogP contribution is 2.18. The summed E-state index contributed by atoms with van der Waals surface area (Å²) in [6, 6.07) is 0. The molecule has 2 heteroatoms. The van der Waals surface area contributed by atoms with Gasteiger partial charge in [-0.3, -0.25) is 4.79 Å². The van der Waals surface area contributed by atoms with Gasteiger partial charge in [-0.2, -0.15) is 0 Å². The van der Waals surface area contributed by atoms with Gasteiger partial charge in [0.15, 0.2) is 0 Å². The maximum Gasteiger partial charge on any atom is 0.305 e. The van der Waals surface area contributed by atoms with Crippen LogP contribution in [0.15, 0.2) is 12.2 Å². The maximum absolute atomic E-state index is 12.0. The molecular weight excluding hydrogens is 693 g/mol. The lowest BCUT2D eigenvalue weighted by Crippen LogP contribution is -2.05. The van der Waals surface area contributed by atoms with E-state index in [-0.39, 0.29) is 5.97 Å². The third-order valence-electron chi connectivity index (χ3n) is 12.6.